The van der Waals surface area contributed by atoms with Crippen LogP contribution in [0.3, 0.4) is 0 Å². The van der Waals surface area contributed by atoms with Crippen molar-refractivity contribution in [2.45, 2.75) is 35.4 Å². The van der Waals surface area contributed by atoms with Crippen molar-refractivity contribution in [3.8, 4) is 5.75 Å². The van der Waals surface area contributed by atoms with Gasteiger partial charge in [0.05, 0.1) is 17.5 Å². The second-order valence-electron chi connectivity index (χ2n) is 11.0. The molecule has 2 aliphatic heterocycles. The van der Waals surface area contributed by atoms with Crippen molar-refractivity contribution >= 4 is 65.1 Å². The average Bonchev–Trinajstić information content (AvgIpc) is 3.25. The minimum absolute atomic E-state index is 0.0444. The van der Waals surface area contributed by atoms with Gasteiger partial charge in [-0.1, -0.05) is 35.9 Å². The minimum Gasteiger partial charge on any atom is -0.508 e. The number of aromatic hydroxyl groups is 1. The van der Waals surface area contributed by atoms with Crippen LogP contribution in [-0.4, -0.2) is 67.6 Å². The number of phenols is 1. The minimum atomic E-state index is -1.89. The third kappa shape index (κ3) is 3.36. The number of aryl methyl sites for hydroxylation is 1. The molecule has 4 aliphatic rings. The number of allylic oxidation sites excluding steroid dienone is 2. The molecule has 206 valence electrons. The van der Waals surface area contributed by atoms with Crippen molar-refractivity contribution < 1.29 is 34.3 Å². The number of alkyl halides is 2. The number of fused-ring (bicyclic) bond motifs is 4. The molecule has 2 aliphatic carbocycles. The molecule has 6 rings (SSSR count). The smallest absolute Gasteiger partial charge is 0.488 e. The van der Waals surface area contributed by atoms with Gasteiger partial charge in [-0.05, 0) is 60.5 Å². The van der Waals surface area contributed by atoms with E-state index in [-0.39, 0.29) is 29.7 Å². The fourth-order valence-electron chi connectivity index (χ4n) is 7.05. The first-order chi connectivity index (χ1) is 18.8. The number of rotatable bonds is 3. The van der Waals surface area contributed by atoms with Crippen LogP contribution in [0, 0.1) is 24.7 Å². The number of phenolic OH excluding ortho intramolecular Hbond substituents is 1. The Labute approximate surface area is 240 Å². The van der Waals surface area contributed by atoms with Crippen molar-refractivity contribution in [1.29, 1.82) is 0 Å². The largest absolute Gasteiger partial charge is 0.508 e. The zero-order chi connectivity index (χ0) is 28.9. The average molecular weight is 583 g/mol. The molecule has 40 heavy (non-hydrogen) atoms. The Balaban J connectivity index is 1.50. The lowest BCUT2D eigenvalue weighted by Crippen LogP contribution is -2.60. The van der Waals surface area contributed by atoms with Crippen LogP contribution in [0.1, 0.15) is 29.9 Å². The third-order valence-electron chi connectivity index (χ3n) is 8.99. The van der Waals surface area contributed by atoms with Crippen LogP contribution >= 0.6 is 23.2 Å². The highest BCUT2D eigenvalue weighted by atomic mass is 35.5. The van der Waals surface area contributed by atoms with E-state index >= 15 is 0 Å². The summed E-state index contributed by atoms with van der Waals surface area (Å²) in [6.45, 7) is 1.70. The molecule has 2 saturated heterocycles. The lowest BCUT2D eigenvalue weighted by atomic mass is 9.56. The summed E-state index contributed by atoms with van der Waals surface area (Å²) in [6.07, 6.45) is 1.90. The zero-order valence-electron chi connectivity index (χ0n) is 21.5. The van der Waals surface area contributed by atoms with Gasteiger partial charge >= 0.3 is 7.12 Å². The Morgan fingerprint density at radius 1 is 0.975 bits per heavy atom. The lowest BCUT2D eigenvalue weighted by molar-refractivity contribution is -0.138. The maximum absolute atomic E-state index is 14.0. The summed E-state index contributed by atoms with van der Waals surface area (Å²) < 4.78 is 0. The maximum atomic E-state index is 14.0. The Morgan fingerprint density at radius 2 is 1.70 bits per heavy atom. The fourth-order valence-corrected chi connectivity index (χ4v) is 8.07. The molecule has 4 amide bonds. The molecule has 0 aromatic heterocycles. The quantitative estimate of drug-likeness (QED) is 0.216. The van der Waals surface area contributed by atoms with E-state index in [0.717, 1.165) is 9.80 Å². The Kier molecular flexibility index (Phi) is 6.02. The molecule has 3 N–H and O–H groups in total. The molecule has 9 nitrogen and oxygen atoms in total. The number of halogens is 2. The third-order valence-corrected chi connectivity index (χ3v) is 10.4. The van der Waals surface area contributed by atoms with Gasteiger partial charge in [0.25, 0.3) is 11.8 Å². The van der Waals surface area contributed by atoms with Crippen LogP contribution in [0.15, 0.2) is 54.1 Å². The summed E-state index contributed by atoms with van der Waals surface area (Å²) in [7, 11) is -0.460. The number of amides is 4. The fraction of sp³-hybridized carbons (Fsp3) is 0.357. The predicted molar refractivity (Wildman–Crippen MR) is 147 cm³/mol. The van der Waals surface area contributed by atoms with Gasteiger partial charge in [0.1, 0.15) is 5.75 Å². The highest BCUT2D eigenvalue weighted by Crippen LogP contribution is 2.65. The van der Waals surface area contributed by atoms with Crippen LogP contribution in [0.5, 0.6) is 5.75 Å². The molecule has 1 saturated carbocycles. The Morgan fingerprint density at radius 3 is 2.38 bits per heavy atom. The van der Waals surface area contributed by atoms with Gasteiger partial charge < -0.3 is 15.2 Å². The van der Waals surface area contributed by atoms with Crippen LogP contribution in [-0.2, 0) is 19.2 Å². The number of hydrogen-bond donors (Lipinski definition) is 3. The molecule has 6 atom stereocenters. The molecule has 0 spiro atoms. The molecule has 12 heteroatoms. The molecule has 3 fully saturated rings. The van der Waals surface area contributed by atoms with Crippen LogP contribution in [0.25, 0.3) is 0 Å². The highest BCUT2D eigenvalue weighted by Gasteiger charge is 2.75. The van der Waals surface area contributed by atoms with E-state index in [1.165, 1.54) is 37.4 Å². The number of imide groups is 2. The first-order valence-electron chi connectivity index (χ1n) is 12.9. The molecule has 2 heterocycles. The van der Waals surface area contributed by atoms with E-state index in [4.69, 9.17) is 23.2 Å². The number of nitrogens with zero attached hydrogens (tertiary/aromatic N) is 2. The molecule has 0 radical (unpaired) electrons. The Hall–Kier alpha value is -3.18. The number of likely N-dealkylation sites (tertiary alicyclic amines) is 1. The van der Waals surface area contributed by atoms with Crippen LogP contribution < -0.4 is 10.4 Å². The monoisotopic (exact) mass is 582 g/mol. The number of benzene rings is 2. The predicted octanol–water partition coefficient (Wildman–Crippen LogP) is 1.57. The number of carbonyl (C=O) groups excluding carboxylic acids is 4. The summed E-state index contributed by atoms with van der Waals surface area (Å²) in [5, 5.41) is 29.4. The van der Waals surface area contributed by atoms with Gasteiger partial charge in [-0.25, -0.2) is 0 Å². The van der Waals surface area contributed by atoms with Crippen LogP contribution in [0.4, 0.5) is 5.69 Å². The van der Waals surface area contributed by atoms with E-state index in [0.29, 0.717) is 16.7 Å². The van der Waals surface area contributed by atoms with Crippen molar-refractivity contribution in [2.24, 2.45) is 17.8 Å². The molecular formula is C28H25BCl2N2O7. The van der Waals surface area contributed by atoms with Crippen LogP contribution in [0.2, 0.25) is 0 Å². The van der Waals surface area contributed by atoms with Gasteiger partial charge in [0, 0.05) is 13.0 Å². The van der Waals surface area contributed by atoms with E-state index in [1.807, 2.05) is 6.08 Å². The molecular weight excluding hydrogens is 558 g/mol. The molecule has 2 aromatic carbocycles. The summed E-state index contributed by atoms with van der Waals surface area (Å²) in [4.78, 5) is 52.9. The summed E-state index contributed by atoms with van der Waals surface area (Å²) in [6, 6.07) is 10.7. The standard InChI is InChI=1S/C28H25BCl2N2O7/c1-13-10-14(6-9-20(13)34)22-17-7-8-18-21(19(17)12-27(30)25(37)32(2)26(38)28(22,27)31)24(36)33(23(18)35)16-5-3-4-15(11-16)29(39)40/h3-7,9-11,18-19,21-22,34,39-40H,8,12H2,1-2H3. The SMILES string of the molecule is Cc1cc(C2C3=CCC4C(=O)N(c5cccc(B(O)O)c5)C(=O)C4C3CC3(Cl)C(=O)N(C)C(=O)C23Cl)ccc1O. The van der Waals surface area contributed by atoms with Crippen molar-refractivity contribution in [3.05, 3.63) is 65.2 Å². The number of carbonyl (C=O) groups is 4. The van der Waals surface area contributed by atoms with Gasteiger partial charge in [0.2, 0.25) is 11.8 Å². The summed E-state index contributed by atoms with van der Waals surface area (Å²) in [5.74, 6) is -5.41. The second-order valence-corrected chi connectivity index (χ2v) is 12.3. The topological polar surface area (TPSA) is 135 Å². The second kappa shape index (κ2) is 8.91. The van der Waals surface area contributed by atoms with Gasteiger partial charge in [0.15, 0.2) is 9.75 Å². The first-order valence-corrected chi connectivity index (χ1v) is 13.6. The summed E-state index contributed by atoms with van der Waals surface area (Å²) >= 11 is 14.3. The summed E-state index contributed by atoms with van der Waals surface area (Å²) in [5.41, 5.74) is 2.06. The van der Waals surface area contributed by atoms with Gasteiger partial charge in [-0.2, -0.15) is 0 Å². The van der Waals surface area contributed by atoms with Crippen molar-refractivity contribution in [3.63, 3.8) is 0 Å². The highest BCUT2D eigenvalue weighted by molar-refractivity contribution is 6.58. The van der Waals surface area contributed by atoms with E-state index in [2.05, 4.69) is 0 Å². The molecule has 6 unspecified atom stereocenters. The van der Waals surface area contributed by atoms with Gasteiger partial charge in [-0.15, -0.1) is 23.2 Å². The zero-order valence-corrected chi connectivity index (χ0v) is 23.1. The molecule has 0 bridgehead atoms. The molecule has 2 aromatic rings. The first kappa shape index (κ1) is 27.0. The lowest BCUT2D eigenvalue weighted by Gasteiger charge is -2.50. The number of hydrogen-bond acceptors (Lipinski definition) is 7. The van der Waals surface area contributed by atoms with E-state index in [1.54, 1.807) is 19.1 Å². The van der Waals surface area contributed by atoms with Gasteiger partial charge in [-0.3, -0.25) is 29.0 Å². The van der Waals surface area contributed by atoms with Crippen molar-refractivity contribution in [2.75, 3.05) is 11.9 Å². The van der Waals surface area contributed by atoms with E-state index in [9.17, 15) is 34.3 Å². The number of anilines is 1. The van der Waals surface area contributed by atoms with E-state index < -0.39 is 64.2 Å². The Bertz CT molecular complexity index is 1550. The van der Waals surface area contributed by atoms with Crippen molar-refractivity contribution in [1.82, 2.24) is 4.90 Å². The normalized spacial score (nSPS) is 33.1. The maximum Gasteiger partial charge on any atom is 0.488 e.